The number of hydrogen-bond acceptors (Lipinski definition) is 8. The van der Waals surface area contributed by atoms with E-state index in [0.717, 1.165) is 44.1 Å². The van der Waals surface area contributed by atoms with Crippen molar-refractivity contribution in [3.8, 4) is 28.6 Å². The lowest BCUT2D eigenvalue weighted by atomic mass is 9.96. The number of hydrogen-bond donors (Lipinski definition) is 2. The van der Waals surface area contributed by atoms with Gasteiger partial charge in [0.1, 0.15) is 18.0 Å². The number of aliphatic hydroxyl groups is 1. The Labute approximate surface area is 285 Å². The minimum Gasteiger partial charge on any atom is -0.370 e. The molecule has 15 heteroatoms. The number of benzene rings is 2. The molecule has 50 heavy (non-hydrogen) atoms. The zero-order valence-electron chi connectivity index (χ0n) is 27.5. The number of halogens is 6. The molecule has 2 atom stereocenters. The van der Waals surface area contributed by atoms with E-state index in [1.54, 1.807) is 17.7 Å². The van der Waals surface area contributed by atoms with Crippen LogP contribution in [0.5, 0.6) is 0 Å². The molecule has 2 aliphatic rings. The van der Waals surface area contributed by atoms with Gasteiger partial charge in [-0.1, -0.05) is 6.92 Å². The van der Waals surface area contributed by atoms with Gasteiger partial charge in [-0.05, 0) is 96.4 Å². The first-order chi connectivity index (χ1) is 23.7. The maximum Gasteiger partial charge on any atom is 0.416 e. The molecule has 2 aromatic carbocycles. The summed E-state index contributed by atoms with van der Waals surface area (Å²) in [4.78, 5) is 8.03. The summed E-state index contributed by atoms with van der Waals surface area (Å²) in [5.41, 5.74) is -0.605. The molecule has 6 rings (SSSR count). The highest BCUT2D eigenvalue weighted by atomic mass is 19.4. The molecule has 0 spiro atoms. The molecular formula is C35H36F6N8O. The van der Waals surface area contributed by atoms with E-state index in [4.69, 9.17) is 5.26 Å². The van der Waals surface area contributed by atoms with Gasteiger partial charge in [-0.3, -0.25) is 4.90 Å². The molecule has 264 valence electrons. The summed E-state index contributed by atoms with van der Waals surface area (Å²) < 4.78 is 87.2. The summed E-state index contributed by atoms with van der Waals surface area (Å²) in [6.07, 6.45) is -6.78. The summed E-state index contributed by atoms with van der Waals surface area (Å²) >= 11 is 0. The normalized spacial score (nSPS) is 18.3. The number of nitrogens with one attached hydrogen (secondary N) is 1. The predicted octanol–water partition coefficient (Wildman–Crippen LogP) is 7.54. The highest BCUT2D eigenvalue weighted by Crippen LogP contribution is 2.45. The number of anilines is 2. The second-order valence-corrected chi connectivity index (χ2v) is 13.0. The summed E-state index contributed by atoms with van der Waals surface area (Å²) in [5, 5.41) is 31.7. The SMILES string of the molecule is C[C@H]1CCCN(Cc2cc3c(c(C(F)(F)F)c2)CN(c2cc(-c4cc(C(F)(F)F)ccc4-c4nncn4C)cc(NCCCC#N)n2)C3O)C1. The van der Waals surface area contributed by atoms with Crippen LogP contribution in [-0.2, 0) is 32.5 Å². The third-order valence-corrected chi connectivity index (χ3v) is 9.19. The van der Waals surface area contributed by atoms with Crippen LogP contribution in [0.3, 0.4) is 0 Å². The molecular weight excluding hydrogens is 662 g/mol. The van der Waals surface area contributed by atoms with Gasteiger partial charge in [-0.15, -0.1) is 10.2 Å². The molecule has 0 bridgehead atoms. The minimum absolute atomic E-state index is 0.0508. The second-order valence-electron chi connectivity index (χ2n) is 13.0. The Morgan fingerprint density at radius 3 is 2.52 bits per heavy atom. The fourth-order valence-corrected chi connectivity index (χ4v) is 6.80. The number of rotatable bonds is 9. The molecule has 1 unspecified atom stereocenters. The molecule has 9 nitrogen and oxygen atoms in total. The van der Waals surface area contributed by atoms with E-state index >= 15 is 0 Å². The number of aliphatic hydroxyl groups excluding tert-OH is 1. The van der Waals surface area contributed by atoms with Crippen molar-refractivity contribution in [3.05, 3.63) is 76.6 Å². The maximum absolute atomic E-state index is 14.6. The first-order valence-corrected chi connectivity index (χ1v) is 16.3. The van der Waals surface area contributed by atoms with Gasteiger partial charge in [-0.2, -0.15) is 31.6 Å². The smallest absolute Gasteiger partial charge is 0.370 e. The molecule has 0 saturated carbocycles. The van der Waals surface area contributed by atoms with Gasteiger partial charge >= 0.3 is 12.4 Å². The van der Waals surface area contributed by atoms with E-state index in [0.29, 0.717) is 36.6 Å². The van der Waals surface area contributed by atoms with E-state index in [9.17, 15) is 31.4 Å². The van der Waals surface area contributed by atoms with E-state index < -0.39 is 29.7 Å². The molecule has 1 fully saturated rings. The third kappa shape index (κ3) is 7.41. The van der Waals surface area contributed by atoms with Gasteiger partial charge in [0.2, 0.25) is 0 Å². The number of alkyl halides is 6. The van der Waals surface area contributed by atoms with Crippen molar-refractivity contribution in [2.75, 3.05) is 29.9 Å². The molecule has 1 saturated heterocycles. The van der Waals surface area contributed by atoms with Crippen molar-refractivity contribution in [1.29, 1.82) is 5.26 Å². The summed E-state index contributed by atoms with van der Waals surface area (Å²) in [6, 6.07) is 11.0. The standard InChI is InChI=1S/C35H36F6N8O/c1-21-6-5-11-48(17-21)18-22-12-27-28(29(13-22)35(39,40)41)19-49(33(27)50)31-15-23(14-30(45-31)43-10-4-3-9-42)26-16-24(34(36,37)38)7-8-25(26)32-46-44-20-47(32)2/h7-8,12-16,20-21,33,50H,3-6,10-11,17-19H2,1-2H3,(H,43,45)/t21-,33?/m0/s1. The number of nitriles is 1. The highest BCUT2D eigenvalue weighted by molar-refractivity contribution is 5.84. The van der Waals surface area contributed by atoms with Crippen LogP contribution in [0.15, 0.2) is 48.8 Å². The van der Waals surface area contributed by atoms with Crippen molar-refractivity contribution in [2.45, 2.75) is 64.3 Å². The van der Waals surface area contributed by atoms with Gasteiger partial charge < -0.3 is 19.9 Å². The van der Waals surface area contributed by atoms with Crippen LogP contribution in [0.1, 0.15) is 66.7 Å². The molecule has 4 heterocycles. The molecule has 4 aromatic rings. The molecule has 2 aromatic heterocycles. The monoisotopic (exact) mass is 698 g/mol. The van der Waals surface area contributed by atoms with Crippen LogP contribution in [0, 0.1) is 17.2 Å². The summed E-state index contributed by atoms with van der Waals surface area (Å²) in [7, 11) is 1.65. The molecule has 0 amide bonds. The van der Waals surface area contributed by atoms with Crippen molar-refractivity contribution < 1.29 is 31.4 Å². The molecule has 2 aliphatic heterocycles. The van der Waals surface area contributed by atoms with Gasteiger partial charge in [-0.25, -0.2) is 4.98 Å². The van der Waals surface area contributed by atoms with Crippen LogP contribution in [0.2, 0.25) is 0 Å². The predicted molar refractivity (Wildman–Crippen MR) is 174 cm³/mol. The topological polar surface area (TPSA) is 106 Å². The van der Waals surface area contributed by atoms with Gasteiger partial charge in [0.25, 0.3) is 0 Å². The van der Waals surface area contributed by atoms with E-state index in [2.05, 4.69) is 32.3 Å². The van der Waals surface area contributed by atoms with E-state index in [-0.39, 0.29) is 52.7 Å². The quantitative estimate of drug-likeness (QED) is 0.137. The molecule has 0 radical (unpaired) electrons. The summed E-state index contributed by atoms with van der Waals surface area (Å²) in [6.45, 7) is 3.90. The maximum atomic E-state index is 14.6. The Morgan fingerprint density at radius 1 is 1.04 bits per heavy atom. The zero-order chi connectivity index (χ0) is 35.8. The van der Waals surface area contributed by atoms with Crippen LogP contribution in [-0.4, -0.2) is 49.4 Å². The first kappa shape index (κ1) is 35.2. The number of aryl methyl sites for hydroxylation is 1. The lowest BCUT2D eigenvalue weighted by Gasteiger charge is -2.31. The number of likely N-dealkylation sites (tertiary alicyclic amines) is 1. The minimum atomic E-state index is -4.70. The number of aromatic nitrogens is 4. The molecule has 0 aliphatic carbocycles. The Hall–Kier alpha value is -4.68. The van der Waals surface area contributed by atoms with Crippen LogP contribution in [0.25, 0.3) is 22.5 Å². The number of unbranched alkanes of at least 4 members (excludes halogenated alkanes) is 1. The first-order valence-electron chi connectivity index (χ1n) is 16.3. The largest absolute Gasteiger partial charge is 0.416 e. The van der Waals surface area contributed by atoms with E-state index in [1.807, 2.05) is 6.07 Å². The van der Waals surface area contributed by atoms with Crippen molar-refractivity contribution in [3.63, 3.8) is 0 Å². The Morgan fingerprint density at radius 2 is 1.84 bits per heavy atom. The third-order valence-electron chi connectivity index (χ3n) is 9.19. The fraction of sp³-hybridized carbons (Fsp3) is 0.429. The summed E-state index contributed by atoms with van der Waals surface area (Å²) in [5.74, 6) is 0.966. The van der Waals surface area contributed by atoms with Gasteiger partial charge in [0, 0.05) is 50.8 Å². The van der Waals surface area contributed by atoms with Gasteiger partial charge in [0.05, 0.1) is 17.2 Å². The van der Waals surface area contributed by atoms with Crippen LogP contribution < -0.4 is 10.2 Å². The van der Waals surface area contributed by atoms with Crippen molar-refractivity contribution >= 4 is 11.6 Å². The molecule has 2 N–H and O–H groups in total. The average molecular weight is 699 g/mol. The Balaban J connectivity index is 1.45. The van der Waals surface area contributed by atoms with Crippen LogP contribution in [0.4, 0.5) is 38.0 Å². The lowest BCUT2D eigenvalue weighted by Crippen LogP contribution is -2.33. The highest BCUT2D eigenvalue weighted by Gasteiger charge is 2.41. The fourth-order valence-electron chi connectivity index (χ4n) is 6.80. The second kappa shape index (κ2) is 13.9. The van der Waals surface area contributed by atoms with Gasteiger partial charge in [0.15, 0.2) is 12.1 Å². The number of piperidine rings is 1. The number of nitrogens with zero attached hydrogens (tertiary/aromatic N) is 7. The number of pyridine rings is 1. The average Bonchev–Trinajstić information content (AvgIpc) is 3.64. The van der Waals surface area contributed by atoms with Crippen molar-refractivity contribution in [2.24, 2.45) is 13.0 Å². The van der Waals surface area contributed by atoms with E-state index in [1.165, 1.54) is 29.4 Å². The Bertz CT molecular complexity index is 1900. The number of fused-ring (bicyclic) bond motifs is 1. The lowest BCUT2D eigenvalue weighted by molar-refractivity contribution is -0.138. The van der Waals surface area contributed by atoms with Crippen molar-refractivity contribution in [1.82, 2.24) is 24.6 Å². The van der Waals surface area contributed by atoms with Crippen LogP contribution >= 0.6 is 0 Å². The Kier molecular flexibility index (Phi) is 9.78. The zero-order valence-corrected chi connectivity index (χ0v) is 27.5.